The molecule has 9 heteroatoms. The van der Waals surface area contributed by atoms with Crippen molar-refractivity contribution < 1.29 is 4.79 Å². The van der Waals surface area contributed by atoms with E-state index in [4.69, 9.17) is 4.98 Å². The van der Waals surface area contributed by atoms with Crippen LogP contribution in [0.3, 0.4) is 0 Å². The highest BCUT2D eigenvalue weighted by molar-refractivity contribution is 7.98. The number of carbonyl (C=O) groups excluding carboxylic acids is 1. The first-order valence-corrected chi connectivity index (χ1v) is 11.8. The Kier molecular flexibility index (Phi) is 6.26. The molecule has 0 atom stereocenters. The largest absolute Gasteiger partial charge is 0.289 e. The second-order valence-electron chi connectivity index (χ2n) is 6.80. The first-order valence-electron chi connectivity index (χ1n) is 9.12. The highest BCUT2D eigenvalue weighted by Gasteiger charge is 2.19. The molecule has 0 unspecified atom stereocenters. The topological polar surface area (TPSA) is 68.1 Å². The Morgan fingerprint density at radius 3 is 2.64 bits per heavy atom. The van der Waals surface area contributed by atoms with Crippen molar-refractivity contribution in [3.63, 3.8) is 0 Å². The first-order chi connectivity index (χ1) is 13.2. The Hall–Kier alpha value is -1.71. The van der Waals surface area contributed by atoms with Gasteiger partial charge in [-0.15, -0.1) is 22.7 Å². The average Bonchev–Trinajstić information content (AvgIpc) is 3.18. The molecule has 3 aromatic heterocycles. The highest BCUT2D eigenvalue weighted by Crippen LogP contribution is 2.31. The number of amides is 1. The van der Waals surface area contributed by atoms with Crippen LogP contribution in [0.1, 0.15) is 49.9 Å². The first kappa shape index (κ1) is 21.0. The monoisotopic (exact) mass is 436 g/mol. The lowest BCUT2D eigenvalue weighted by Gasteiger charge is -2.15. The van der Waals surface area contributed by atoms with Gasteiger partial charge in [0.2, 0.25) is 5.91 Å². The van der Waals surface area contributed by atoms with Crippen molar-refractivity contribution >= 4 is 55.7 Å². The number of fused-ring (bicyclic) bond motifs is 1. The minimum Gasteiger partial charge on any atom is -0.289 e. The predicted molar refractivity (Wildman–Crippen MR) is 119 cm³/mol. The summed E-state index contributed by atoms with van der Waals surface area (Å²) in [6.45, 7) is 12.1. The molecule has 150 valence electrons. The minimum absolute atomic E-state index is 0.0137. The Morgan fingerprint density at radius 1 is 1.32 bits per heavy atom. The Balaban J connectivity index is 1.93. The van der Waals surface area contributed by atoms with Crippen LogP contribution >= 0.6 is 34.4 Å². The van der Waals surface area contributed by atoms with E-state index in [-0.39, 0.29) is 17.5 Å². The maximum atomic E-state index is 13.1. The Morgan fingerprint density at radius 2 is 2.04 bits per heavy atom. The maximum Gasteiger partial charge on any atom is 0.263 e. The summed E-state index contributed by atoms with van der Waals surface area (Å²) in [5.41, 5.74) is 1.93. The molecule has 0 fully saturated rings. The molecule has 0 spiro atoms. The summed E-state index contributed by atoms with van der Waals surface area (Å²) >= 11 is 4.54. The van der Waals surface area contributed by atoms with E-state index in [9.17, 15) is 9.59 Å². The molecule has 0 aliphatic rings. The number of hydrogen-bond donors (Lipinski definition) is 0. The van der Waals surface area contributed by atoms with Crippen LogP contribution in [0.5, 0.6) is 0 Å². The zero-order valence-electron chi connectivity index (χ0n) is 16.9. The average molecular weight is 437 g/mol. The van der Waals surface area contributed by atoms with Gasteiger partial charge < -0.3 is 0 Å². The van der Waals surface area contributed by atoms with Gasteiger partial charge >= 0.3 is 0 Å². The van der Waals surface area contributed by atoms with Gasteiger partial charge in [0.15, 0.2) is 10.3 Å². The summed E-state index contributed by atoms with van der Waals surface area (Å²) in [6.07, 6.45) is 0. The molecular formula is C19H24N4O2S3. The van der Waals surface area contributed by atoms with Gasteiger partial charge in [0.05, 0.1) is 11.1 Å². The zero-order valence-corrected chi connectivity index (χ0v) is 19.3. The number of aromatic nitrogens is 3. The van der Waals surface area contributed by atoms with E-state index in [2.05, 4.69) is 4.98 Å². The number of carbonyl (C=O) groups is 1. The molecule has 0 aromatic carbocycles. The molecule has 0 saturated carbocycles. The van der Waals surface area contributed by atoms with Crippen LogP contribution in [0.2, 0.25) is 0 Å². The van der Waals surface area contributed by atoms with Crippen LogP contribution in [0.25, 0.3) is 10.2 Å². The zero-order chi connectivity index (χ0) is 20.6. The van der Waals surface area contributed by atoms with Crippen LogP contribution in [-0.2, 0) is 10.5 Å². The summed E-state index contributed by atoms with van der Waals surface area (Å²) in [4.78, 5) is 37.8. The lowest BCUT2D eigenvalue weighted by atomic mass is 10.2. The standard InChI is InChI=1S/C19H24N4O2S3/c1-7-22(13(6)24)18-20-14(8-26-18)9-27-19-21-16-15(11(4)12(5)28-16)17(25)23(19)10(2)3/h8,10H,7,9H2,1-6H3. The summed E-state index contributed by atoms with van der Waals surface area (Å²) in [5.74, 6) is 0.584. The molecule has 0 N–H and O–H groups in total. The number of nitrogens with zero attached hydrogens (tertiary/aromatic N) is 4. The molecular weight excluding hydrogens is 412 g/mol. The summed E-state index contributed by atoms with van der Waals surface area (Å²) in [7, 11) is 0. The maximum absolute atomic E-state index is 13.1. The van der Waals surface area contributed by atoms with Crippen molar-refractivity contribution in [2.75, 3.05) is 11.4 Å². The smallest absolute Gasteiger partial charge is 0.263 e. The van der Waals surface area contributed by atoms with Gasteiger partial charge in [-0.2, -0.15) is 0 Å². The fourth-order valence-corrected chi connectivity index (χ4v) is 6.09. The Labute approximate surface area is 176 Å². The van der Waals surface area contributed by atoms with Gasteiger partial charge in [0, 0.05) is 35.5 Å². The number of rotatable bonds is 6. The number of anilines is 1. The molecule has 6 nitrogen and oxygen atoms in total. The highest BCUT2D eigenvalue weighted by atomic mass is 32.2. The minimum atomic E-state index is -0.0137. The normalized spacial score (nSPS) is 11.5. The summed E-state index contributed by atoms with van der Waals surface area (Å²) < 4.78 is 1.77. The van der Waals surface area contributed by atoms with E-state index in [1.165, 1.54) is 23.1 Å². The van der Waals surface area contributed by atoms with Gasteiger partial charge in [0.1, 0.15) is 4.83 Å². The number of aryl methyl sites for hydroxylation is 2. The molecule has 0 aliphatic carbocycles. The van der Waals surface area contributed by atoms with Crippen molar-refractivity contribution in [3.05, 3.63) is 31.9 Å². The second-order valence-corrected chi connectivity index (χ2v) is 9.78. The summed E-state index contributed by atoms with van der Waals surface area (Å²) in [5, 5.41) is 4.11. The van der Waals surface area contributed by atoms with Crippen molar-refractivity contribution in [2.45, 2.75) is 58.5 Å². The molecule has 3 aromatic rings. The SMILES string of the molecule is CCN(C(C)=O)c1nc(CSc2nc3sc(C)c(C)c3c(=O)n2C(C)C)cs1. The van der Waals surface area contributed by atoms with E-state index in [1.54, 1.807) is 27.7 Å². The molecule has 3 rings (SSSR count). The second kappa shape index (κ2) is 8.34. The molecule has 0 aliphatic heterocycles. The van der Waals surface area contributed by atoms with Crippen molar-refractivity contribution in [3.8, 4) is 0 Å². The van der Waals surface area contributed by atoms with Crippen LogP contribution in [0.4, 0.5) is 5.13 Å². The van der Waals surface area contributed by atoms with Gasteiger partial charge in [-0.05, 0) is 40.2 Å². The van der Waals surface area contributed by atoms with Crippen LogP contribution in [-0.4, -0.2) is 27.0 Å². The van der Waals surface area contributed by atoms with E-state index >= 15 is 0 Å². The molecule has 1 amide bonds. The fourth-order valence-electron chi connectivity index (χ4n) is 2.96. The Bertz CT molecular complexity index is 1080. The number of thiophene rings is 1. The van der Waals surface area contributed by atoms with Gasteiger partial charge in [-0.1, -0.05) is 11.8 Å². The van der Waals surface area contributed by atoms with Crippen molar-refractivity contribution in [2.24, 2.45) is 0 Å². The van der Waals surface area contributed by atoms with E-state index in [0.717, 1.165) is 26.4 Å². The number of hydrogen-bond acceptors (Lipinski definition) is 7. The molecule has 0 saturated heterocycles. The molecule has 0 bridgehead atoms. The van der Waals surface area contributed by atoms with Gasteiger partial charge in [-0.3, -0.25) is 19.1 Å². The predicted octanol–water partition coefficient (Wildman–Crippen LogP) is 4.78. The third-order valence-corrected chi connectivity index (χ3v) is 7.53. The van der Waals surface area contributed by atoms with E-state index < -0.39 is 0 Å². The number of thiazole rings is 1. The van der Waals surface area contributed by atoms with Crippen LogP contribution in [0, 0.1) is 13.8 Å². The van der Waals surface area contributed by atoms with Crippen LogP contribution in [0.15, 0.2) is 15.3 Å². The molecule has 28 heavy (non-hydrogen) atoms. The fraction of sp³-hybridized carbons (Fsp3) is 0.474. The van der Waals surface area contributed by atoms with Gasteiger partial charge in [0.25, 0.3) is 5.56 Å². The molecule has 3 heterocycles. The quantitative estimate of drug-likeness (QED) is 0.411. The lowest BCUT2D eigenvalue weighted by molar-refractivity contribution is -0.116. The molecule has 0 radical (unpaired) electrons. The van der Waals surface area contributed by atoms with E-state index in [1.807, 2.05) is 40.0 Å². The lowest BCUT2D eigenvalue weighted by Crippen LogP contribution is -2.27. The third-order valence-electron chi connectivity index (χ3n) is 4.54. The van der Waals surface area contributed by atoms with Crippen LogP contribution < -0.4 is 10.5 Å². The number of thioether (sulfide) groups is 1. The van der Waals surface area contributed by atoms with E-state index in [0.29, 0.717) is 22.6 Å². The van der Waals surface area contributed by atoms with Gasteiger partial charge in [-0.25, -0.2) is 9.97 Å². The third kappa shape index (κ3) is 3.88. The van der Waals surface area contributed by atoms with Crippen molar-refractivity contribution in [1.82, 2.24) is 14.5 Å². The van der Waals surface area contributed by atoms with Crippen molar-refractivity contribution in [1.29, 1.82) is 0 Å². The summed E-state index contributed by atoms with van der Waals surface area (Å²) in [6, 6.07) is 0.0193.